The maximum absolute atomic E-state index is 12.6. The van der Waals surface area contributed by atoms with Crippen molar-refractivity contribution in [2.75, 3.05) is 27.3 Å². The fourth-order valence-corrected chi connectivity index (χ4v) is 3.55. The van der Waals surface area contributed by atoms with Crippen LogP contribution in [0.15, 0.2) is 34.7 Å². The summed E-state index contributed by atoms with van der Waals surface area (Å²) in [5, 5.41) is 2.95. The van der Waals surface area contributed by atoms with E-state index in [1.807, 2.05) is 44.2 Å². The third-order valence-electron chi connectivity index (χ3n) is 5.25. The molecule has 2 atom stereocenters. The first kappa shape index (κ1) is 20.8. The number of furan rings is 1. The third-order valence-corrected chi connectivity index (χ3v) is 5.25. The smallest absolute Gasteiger partial charge is 0.226 e. The number of benzene rings is 1. The van der Waals surface area contributed by atoms with Crippen molar-refractivity contribution in [2.45, 2.75) is 32.7 Å². The molecule has 156 valence electrons. The van der Waals surface area contributed by atoms with E-state index < -0.39 is 0 Å². The number of hydrogen-bond acceptors (Lipinski definition) is 5. The number of hydrogen-bond donors (Lipinski definition) is 1. The molecule has 3 rings (SSSR count). The van der Waals surface area contributed by atoms with Crippen LogP contribution < -0.4 is 14.8 Å². The van der Waals surface area contributed by atoms with E-state index in [2.05, 4.69) is 5.32 Å². The summed E-state index contributed by atoms with van der Waals surface area (Å²) in [4.78, 5) is 26.7. The van der Waals surface area contributed by atoms with Crippen molar-refractivity contribution in [1.82, 2.24) is 10.2 Å². The molecule has 1 saturated heterocycles. The zero-order chi connectivity index (χ0) is 21.0. The summed E-state index contributed by atoms with van der Waals surface area (Å²) in [6, 6.07) is 9.22. The van der Waals surface area contributed by atoms with Gasteiger partial charge in [0.2, 0.25) is 11.8 Å². The van der Waals surface area contributed by atoms with Gasteiger partial charge >= 0.3 is 0 Å². The van der Waals surface area contributed by atoms with Gasteiger partial charge < -0.3 is 24.1 Å². The number of nitrogens with zero attached hydrogens (tertiary/aromatic N) is 1. The van der Waals surface area contributed by atoms with Crippen molar-refractivity contribution >= 4 is 11.8 Å². The van der Waals surface area contributed by atoms with Crippen LogP contribution in [-0.2, 0) is 16.0 Å². The number of methoxy groups -OCH3 is 2. The second kappa shape index (κ2) is 9.03. The SMILES string of the molecule is COc1ccc(CCN2CC(C(=O)NC(C)c3ccc(C)o3)CC2=O)cc1OC. The number of carbonyl (C=O) groups is 2. The van der Waals surface area contributed by atoms with Crippen LogP contribution >= 0.6 is 0 Å². The molecule has 7 nitrogen and oxygen atoms in total. The maximum atomic E-state index is 12.6. The molecule has 0 spiro atoms. The number of likely N-dealkylation sites (tertiary alicyclic amines) is 1. The van der Waals surface area contributed by atoms with Crippen molar-refractivity contribution in [2.24, 2.45) is 5.92 Å². The molecule has 2 heterocycles. The summed E-state index contributed by atoms with van der Waals surface area (Å²) in [6.07, 6.45) is 0.921. The molecule has 1 fully saturated rings. The fraction of sp³-hybridized carbons (Fsp3) is 0.455. The Balaban J connectivity index is 1.54. The summed E-state index contributed by atoms with van der Waals surface area (Å²) in [7, 11) is 3.19. The highest BCUT2D eigenvalue weighted by molar-refractivity contribution is 5.89. The van der Waals surface area contributed by atoms with Gasteiger partial charge in [-0.3, -0.25) is 9.59 Å². The molecule has 1 N–H and O–H groups in total. The van der Waals surface area contributed by atoms with Gasteiger partial charge in [-0.2, -0.15) is 0 Å². The normalized spacial score (nSPS) is 17.3. The lowest BCUT2D eigenvalue weighted by Gasteiger charge is -2.18. The zero-order valence-corrected chi connectivity index (χ0v) is 17.4. The Labute approximate surface area is 171 Å². The first-order chi connectivity index (χ1) is 13.9. The fourth-order valence-electron chi connectivity index (χ4n) is 3.55. The Morgan fingerprint density at radius 2 is 2.00 bits per heavy atom. The molecular formula is C22H28N2O5. The quantitative estimate of drug-likeness (QED) is 0.737. The molecule has 2 amide bonds. The molecule has 7 heteroatoms. The Kier molecular flexibility index (Phi) is 6.46. The molecule has 2 unspecified atom stereocenters. The summed E-state index contributed by atoms with van der Waals surface area (Å²) in [5.74, 6) is 2.40. The van der Waals surface area contributed by atoms with Crippen LogP contribution in [-0.4, -0.2) is 44.0 Å². The molecule has 2 aromatic rings. The average Bonchev–Trinajstić information content (AvgIpc) is 3.31. The number of amides is 2. The first-order valence-corrected chi connectivity index (χ1v) is 9.76. The Morgan fingerprint density at radius 3 is 2.66 bits per heavy atom. The molecule has 0 saturated carbocycles. The molecular weight excluding hydrogens is 372 g/mol. The Bertz CT molecular complexity index is 876. The van der Waals surface area contributed by atoms with E-state index in [0.29, 0.717) is 36.8 Å². The topological polar surface area (TPSA) is 81.0 Å². The Hall–Kier alpha value is -2.96. The first-order valence-electron chi connectivity index (χ1n) is 9.76. The predicted molar refractivity (Wildman–Crippen MR) is 108 cm³/mol. The lowest BCUT2D eigenvalue weighted by Crippen LogP contribution is -2.34. The van der Waals surface area contributed by atoms with Crippen molar-refractivity contribution in [3.63, 3.8) is 0 Å². The van der Waals surface area contributed by atoms with Crippen LogP contribution in [0.25, 0.3) is 0 Å². The van der Waals surface area contributed by atoms with E-state index >= 15 is 0 Å². The number of rotatable bonds is 8. The van der Waals surface area contributed by atoms with Gasteiger partial charge in [-0.25, -0.2) is 0 Å². The second-order valence-electron chi connectivity index (χ2n) is 7.36. The van der Waals surface area contributed by atoms with Crippen molar-refractivity contribution in [3.8, 4) is 11.5 Å². The highest BCUT2D eigenvalue weighted by Gasteiger charge is 2.34. The summed E-state index contributed by atoms with van der Waals surface area (Å²) >= 11 is 0. The Morgan fingerprint density at radius 1 is 1.24 bits per heavy atom. The zero-order valence-electron chi connectivity index (χ0n) is 17.4. The minimum atomic E-state index is -0.341. The van der Waals surface area contributed by atoms with Gasteiger partial charge in [0.1, 0.15) is 11.5 Å². The van der Waals surface area contributed by atoms with Gasteiger partial charge in [0.25, 0.3) is 0 Å². The van der Waals surface area contributed by atoms with Crippen LogP contribution in [0.5, 0.6) is 11.5 Å². The van der Waals surface area contributed by atoms with E-state index in [1.165, 1.54) is 0 Å². The monoisotopic (exact) mass is 400 g/mol. The van der Waals surface area contributed by atoms with Gasteiger partial charge in [0, 0.05) is 19.5 Å². The van der Waals surface area contributed by atoms with Gasteiger partial charge in [-0.1, -0.05) is 6.07 Å². The molecule has 29 heavy (non-hydrogen) atoms. The summed E-state index contributed by atoms with van der Waals surface area (Å²) in [5.41, 5.74) is 1.05. The minimum absolute atomic E-state index is 0.00660. The summed E-state index contributed by atoms with van der Waals surface area (Å²) in [6.45, 7) is 4.73. The molecule has 1 aromatic heterocycles. The van der Waals surface area contributed by atoms with Crippen molar-refractivity contribution in [1.29, 1.82) is 0 Å². The number of aryl methyl sites for hydroxylation is 1. The van der Waals surface area contributed by atoms with E-state index in [-0.39, 0.29) is 30.2 Å². The average molecular weight is 400 g/mol. The highest BCUT2D eigenvalue weighted by Crippen LogP contribution is 2.28. The predicted octanol–water partition coefficient (Wildman–Crippen LogP) is 2.87. The standard InChI is InChI=1S/C22H28N2O5/c1-14-5-7-18(29-14)15(2)23-22(26)17-12-21(25)24(13-17)10-9-16-6-8-19(27-3)20(11-16)28-4/h5-8,11,15,17H,9-10,12-13H2,1-4H3,(H,23,26). The lowest BCUT2D eigenvalue weighted by molar-refractivity contribution is -0.129. The van der Waals surface area contributed by atoms with Crippen molar-refractivity contribution < 1.29 is 23.5 Å². The largest absolute Gasteiger partial charge is 0.493 e. The molecule has 1 aromatic carbocycles. The summed E-state index contributed by atoms with van der Waals surface area (Å²) < 4.78 is 16.1. The molecule has 0 bridgehead atoms. The molecule has 0 aliphatic carbocycles. The number of nitrogens with one attached hydrogen (secondary N) is 1. The van der Waals surface area contributed by atoms with Crippen LogP contribution in [0, 0.1) is 12.8 Å². The van der Waals surface area contributed by atoms with Crippen molar-refractivity contribution in [3.05, 3.63) is 47.4 Å². The lowest BCUT2D eigenvalue weighted by atomic mass is 10.1. The van der Waals surface area contributed by atoms with Gasteiger partial charge in [-0.05, 0) is 50.1 Å². The molecule has 1 aliphatic heterocycles. The van der Waals surface area contributed by atoms with E-state index in [4.69, 9.17) is 13.9 Å². The van der Waals surface area contributed by atoms with Gasteiger partial charge in [0.05, 0.1) is 26.2 Å². The van der Waals surface area contributed by atoms with Gasteiger partial charge in [0.15, 0.2) is 11.5 Å². The van der Waals surface area contributed by atoms with Gasteiger partial charge in [-0.15, -0.1) is 0 Å². The van der Waals surface area contributed by atoms with Crippen LogP contribution in [0.4, 0.5) is 0 Å². The maximum Gasteiger partial charge on any atom is 0.226 e. The number of ether oxygens (including phenoxy) is 2. The van der Waals surface area contributed by atoms with Crippen LogP contribution in [0.2, 0.25) is 0 Å². The van der Waals surface area contributed by atoms with Crippen LogP contribution in [0.3, 0.4) is 0 Å². The molecule has 0 radical (unpaired) electrons. The minimum Gasteiger partial charge on any atom is -0.493 e. The van der Waals surface area contributed by atoms with Crippen LogP contribution in [0.1, 0.15) is 36.5 Å². The van der Waals surface area contributed by atoms with E-state index in [9.17, 15) is 9.59 Å². The molecule has 1 aliphatic rings. The second-order valence-corrected chi connectivity index (χ2v) is 7.36. The highest BCUT2D eigenvalue weighted by atomic mass is 16.5. The van der Waals surface area contributed by atoms with E-state index in [1.54, 1.807) is 19.1 Å². The van der Waals surface area contributed by atoms with E-state index in [0.717, 1.165) is 11.3 Å². The third kappa shape index (κ3) is 4.91. The number of carbonyl (C=O) groups excluding carboxylic acids is 2.